The summed E-state index contributed by atoms with van der Waals surface area (Å²) in [6.07, 6.45) is 0. The summed E-state index contributed by atoms with van der Waals surface area (Å²) in [5.74, 6) is -1.14. The monoisotopic (exact) mass is 272 g/mol. The number of carboxylic acids is 1. The van der Waals surface area contributed by atoms with Crippen LogP contribution in [0.25, 0.3) is 0 Å². The zero-order valence-corrected chi connectivity index (χ0v) is 11.1. The molecule has 6 nitrogen and oxygen atoms in total. The maximum Gasteiger partial charge on any atom is 0.335 e. The molecule has 0 unspecified atom stereocenters. The molecular weight excluding hydrogens is 256 g/mol. The Morgan fingerprint density at radius 2 is 2.00 bits per heavy atom. The normalized spacial score (nSPS) is 11.2. The Bertz CT molecular complexity index is 554. The third kappa shape index (κ3) is 2.73. The fourth-order valence-electron chi connectivity index (χ4n) is 1.59. The molecule has 1 aromatic rings. The van der Waals surface area contributed by atoms with Gasteiger partial charge in [0.2, 0.25) is 10.0 Å². The zero-order chi connectivity index (χ0) is 13.9. The van der Waals surface area contributed by atoms with Crippen molar-refractivity contribution in [1.82, 2.24) is 0 Å². The van der Waals surface area contributed by atoms with Gasteiger partial charge in [-0.25, -0.2) is 13.2 Å². The molecular formula is C11H16N2O4S. The van der Waals surface area contributed by atoms with Crippen LogP contribution in [-0.4, -0.2) is 31.8 Å². The Morgan fingerprint density at radius 1 is 1.39 bits per heavy atom. The van der Waals surface area contributed by atoms with E-state index < -0.39 is 16.0 Å². The molecule has 0 saturated carbocycles. The van der Waals surface area contributed by atoms with Gasteiger partial charge in [0.1, 0.15) is 0 Å². The number of rotatable bonds is 5. The number of carbonyl (C=O) groups is 1. The van der Waals surface area contributed by atoms with Crippen molar-refractivity contribution in [3.63, 3.8) is 0 Å². The highest BCUT2D eigenvalue weighted by atomic mass is 32.2. The summed E-state index contributed by atoms with van der Waals surface area (Å²) in [5.41, 5.74) is 6.19. The molecule has 0 aliphatic rings. The van der Waals surface area contributed by atoms with E-state index in [0.29, 0.717) is 5.69 Å². The van der Waals surface area contributed by atoms with Gasteiger partial charge in [-0.1, -0.05) is 0 Å². The molecule has 1 aromatic carbocycles. The molecule has 18 heavy (non-hydrogen) atoms. The van der Waals surface area contributed by atoms with E-state index in [0.717, 1.165) is 0 Å². The molecule has 3 N–H and O–H groups in total. The fourth-order valence-corrected chi connectivity index (χ4v) is 2.76. The molecule has 0 aliphatic carbocycles. The molecule has 0 saturated heterocycles. The van der Waals surface area contributed by atoms with Gasteiger partial charge in [0.25, 0.3) is 0 Å². The summed E-state index contributed by atoms with van der Waals surface area (Å²) < 4.78 is 24.9. The minimum Gasteiger partial charge on any atom is -0.478 e. The van der Waals surface area contributed by atoms with E-state index in [-0.39, 0.29) is 23.5 Å². The second-order valence-corrected chi connectivity index (χ2v) is 5.83. The van der Waals surface area contributed by atoms with Gasteiger partial charge in [0.15, 0.2) is 0 Å². The van der Waals surface area contributed by atoms with Crippen LogP contribution in [0.3, 0.4) is 0 Å². The lowest BCUT2D eigenvalue weighted by molar-refractivity contribution is 0.0697. The first kappa shape index (κ1) is 14.3. The van der Waals surface area contributed by atoms with Gasteiger partial charge in [-0.2, -0.15) is 0 Å². The number of hydrogen-bond donors (Lipinski definition) is 2. The van der Waals surface area contributed by atoms with Crippen molar-refractivity contribution in [1.29, 1.82) is 0 Å². The van der Waals surface area contributed by atoms with Crippen molar-refractivity contribution in [3.05, 3.63) is 23.8 Å². The number of sulfonamides is 1. The number of nitrogen functional groups attached to an aromatic ring is 1. The van der Waals surface area contributed by atoms with Crippen LogP contribution in [0, 0.1) is 0 Å². The number of nitrogens with two attached hydrogens (primary N) is 1. The molecule has 0 heterocycles. The molecule has 0 aromatic heterocycles. The molecule has 0 aliphatic heterocycles. The smallest absolute Gasteiger partial charge is 0.335 e. The van der Waals surface area contributed by atoms with Gasteiger partial charge in [0, 0.05) is 6.54 Å². The first-order valence-electron chi connectivity index (χ1n) is 5.46. The highest BCUT2D eigenvalue weighted by Crippen LogP contribution is 2.26. The Morgan fingerprint density at radius 3 is 2.39 bits per heavy atom. The minimum atomic E-state index is -3.41. The van der Waals surface area contributed by atoms with Crippen molar-refractivity contribution >= 4 is 27.4 Å². The van der Waals surface area contributed by atoms with Crippen LogP contribution in [-0.2, 0) is 10.0 Å². The Kier molecular flexibility index (Phi) is 4.18. The van der Waals surface area contributed by atoms with Gasteiger partial charge in [-0.15, -0.1) is 0 Å². The topological polar surface area (TPSA) is 101 Å². The second-order valence-electron chi connectivity index (χ2n) is 3.64. The van der Waals surface area contributed by atoms with Crippen molar-refractivity contribution in [2.75, 3.05) is 22.3 Å². The van der Waals surface area contributed by atoms with E-state index in [9.17, 15) is 13.2 Å². The van der Waals surface area contributed by atoms with Gasteiger partial charge in [-0.3, -0.25) is 4.31 Å². The number of carboxylic acid groups (broad SMARTS) is 1. The molecule has 7 heteroatoms. The van der Waals surface area contributed by atoms with Crippen molar-refractivity contribution in [2.45, 2.75) is 13.8 Å². The van der Waals surface area contributed by atoms with Crippen LogP contribution in [0.4, 0.5) is 11.4 Å². The zero-order valence-electron chi connectivity index (χ0n) is 10.3. The summed E-state index contributed by atoms with van der Waals surface area (Å²) in [5, 5.41) is 8.81. The third-order valence-electron chi connectivity index (χ3n) is 2.53. The molecule has 0 bridgehead atoms. The van der Waals surface area contributed by atoms with Crippen molar-refractivity contribution in [2.24, 2.45) is 0 Å². The third-order valence-corrected chi connectivity index (χ3v) is 4.39. The number of anilines is 2. The Balaban J connectivity index is 3.28. The van der Waals surface area contributed by atoms with Crippen molar-refractivity contribution < 1.29 is 18.3 Å². The van der Waals surface area contributed by atoms with Crippen LogP contribution in [0.15, 0.2) is 18.2 Å². The molecule has 0 radical (unpaired) electrons. The van der Waals surface area contributed by atoms with Crippen LogP contribution in [0.5, 0.6) is 0 Å². The van der Waals surface area contributed by atoms with E-state index in [1.165, 1.54) is 22.5 Å². The van der Waals surface area contributed by atoms with Crippen LogP contribution < -0.4 is 10.0 Å². The van der Waals surface area contributed by atoms with Gasteiger partial charge in [-0.05, 0) is 32.0 Å². The fraction of sp³-hybridized carbons (Fsp3) is 0.364. The van der Waals surface area contributed by atoms with E-state index in [1.807, 2.05) is 0 Å². The minimum absolute atomic E-state index is 0.0289. The van der Waals surface area contributed by atoms with Gasteiger partial charge < -0.3 is 10.8 Å². The summed E-state index contributed by atoms with van der Waals surface area (Å²) in [6.45, 7) is 3.48. The molecule has 0 amide bonds. The van der Waals surface area contributed by atoms with E-state index in [1.54, 1.807) is 13.8 Å². The first-order valence-corrected chi connectivity index (χ1v) is 7.07. The summed E-state index contributed by atoms with van der Waals surface area (Å²) >= 11 is 0. The lowest BCUT2D eigenvalue weighted by Crippen LogP contribution is -2.32. The van der Waals surface area contributed by atoms with Crippen molar-refractivity contribution in [3.8, 4) is 0 Å². The van der Waals surface area contributed by atoms with Crippen LogP contribution >= 0.6 is 0 Å². The maximum atomic E-state index is 11.9. The molecule has 100 valence electrons. The van der Waals surface area contributed by atoms with Crippen LogP contribution in [0.1, 0.15) is 24.2 Å². The van der Waals surface area contributed by atoms with Gasteiger partial charge >= 0.3 is 5.97 Å². The Labute approximate surface area is 106 Å². The first-order chi connectivity index (χ1) is 8.33. The molecule has 0 atom stereocenters. The lowest BCUT2D eigenvalue weighted by Gasteiger charge is -2.23. The van der Waals surface area contributed by atoms with Gasteiger partial charge in [0.05, 0.1) is 22.7 Å². The molecule has 0 spiro atoms. The molecule has 1 rings (SSSR count). The maximum absolute atomic E-state index is 11.9. The average Bonchev–Trinajstić information content (AvgIpc) is 2.31. The largest absolute Gasteiger partial charge is 0.478 e. The summed E-state index contributed by atoms with van der Waals surface area (Å²) in [7, 11) is -3.41. The highest BCUT2D eigenvalue weighted by molar-refractivity contribution is 7.92. The second kappa shape index (κ2) is 5.26. The summed E-state index contributed by atoms with van der Waals surface area (Å²) in [6, 6.07) is 4.00. The average molecular weight is 272 g/mol. The summed E-state index contributed by atoms with van der Waals surface area (Å²) in [4.78, 5) is 10.8. The number of hydrogen-bond acceptors (Lipinski definition) is 4. The molecule has 0 fully saturated rings. The van der Waals surface area contributed by atoms with E-state index >= 15 is 0 Å². The number of nitrogens with zero attached hydrogens (tertiary/aromatic N) is 1. The quantitative estimate of drug-likeness (QED) is 0.783. The number of benzene rings is 1. The van der Waals surface area contributed by atoms with E-state index in [2.05, 4.69) is 0 Å². The van der Waals surface area contributed by atoms with E-state index in [4.69, 9.17) is 10.8 Å². The number of aromatic carboxylic acids is 1. The van der Waals surface area contributed by atoms with Crippen LogP contribution in [0.2, 0.25) is 0 Å². The SMILES string of the molecule is CCN(c1ccc(C(=O)O)cc1N)S(=O)(=O)CC. The highest BCUT2D eigenvalue weighted by Gasteiger charge is 2.21. The predicted octanol–water partition coefficient (Wildman–Crippen LogP) is 1.14. The predicted molar refractivity (Wildman–Crippen MR) is 70.3 cm³/mol. The lowest BCUT2D eigenvalue weighted by atomic mass is 10.2. The standard InChI is InChI=1S/C11H16N2O4S/c1-3-13(18(16,17)4-2)10-6-5-8(11(14)15)7-9(10)12/h5-7H,3-4,12H2,1-2H3,(H,14,15). The Hall–Kier alpha value is -1.76.